The highest BCUT2D eigenvalue weighted by molar-refractivity contribution is 5.60. The summed E-state index contributed by atoms with van der Waals surface area (Å²) >= 11 is 0. The molecule has 0 fully saturated rings. The van der Waals surface area contributed by atoms with E-state index in [1.54, 1.807) is 0 Å². The Morgan fingerprint density at radius 2 is 1.48 bits per heavy atom. The van der Waals surface area contributed by atoms with Gasteiger partial charge in [-0.1, -0.05) is 66.7 Å². The third kappa shape index (κ3) is 3.13. The fraction of sp³-hybridized carbons (Fsp3) is 0.192. The lowest BCUT2D eigenvalue weighted by molar-refractivity contribution is 0.802. The van der Waals surface area contributed by atoms with E-state index in [0.717, 1.165) is 30.2 Å². The molecule has 29 heavy (non-hydrogen) atoms. The number of anilines is 1. The van der Waals surface area contributed by atoms with Crippen molar-refractivity contribution in [3.05, 3.63) is 112 Å². The van der Waals surface area contributed by atoms with E-state index in [9.17, 15) is 0 Å². The van der Waals surface area contributed by atoms with E-state index in [4.69, 9.17) is 5.10 Å². The summed E-state index contributed by atoms with van der Waals surface area (Å²) in [6, 6.07) is 28.0. The van der Waals surface area contributed by atoms with Gasteiger partial charge in [-0.05, 0) is 54.7 Å². The summed E-state index contributed by atoms with van der Waals surface area (Å²) in [4.78, 5) is 0. The smallest absolute Gasteiger partial charge is 0.133 e. The lowest BCUT2D eigenvalue weighted by Crippen LogP contribution is -2.09. The first-order chi connectivity index (χ1) is 14.2. The van der Waals surface area contributed by atoms with Crippen LogP contribution in [0.1, 0.15) is 39.4 Å². The second-order valence-corrected chi connectivity index (χ2v) is 7.82. The average molecular weight is 380 g/mol. The molecule has 5 rings (SSSR count). The van der Waals surface area contributed by atoms with E-state index in [2.05, 4.69) is 103 Å². The second kappa shape index (κ2) is 7.25. The Morgan fingerprint density at radius 3 is 2.10 bits per heavy atom. The zero-order valence-corrected chi connectivity index (χ0v) is 16.9. The van der Waals surface area contributed by atoms with Gasteiger partial charge in [-0.3, -0.25) is 0 Å². The van der Waals surface area contributed by atoms with Gasteiger partial charge in [0.25, 0.3) is 0 Å². The molecule has 0 spiro atoms. The molecule has 1 aliphatic rings. The Balaban J connectivity index is 1.71. The van der Waals surface area contributed by atoms with Crippen molar-refractivity contribution in [2.24, 2.45) is 0 Å². The van der Waals surface area contributed by atoms with Crippen molar-refractivity contribution in [3.8, 4) is 5.69 Å². The highest BCUT2D eigenvalue weighted by Gasteiger charge is 2.29. The van der Waals surface area contributed by atoms with Crippen molar-refractivity contribution < 1.29 is 0 Å². The topological polar surface area (TPSA) is 29.9 Å². The van der Waals surface area contributed by atoms with Crippen LogP contribution in [0.25, 0.3) is 5.69 Å². The van der Waals surface area contributed by atoms with E-state index in [1.165, 1.54) is 27.8 Å². The number of hydrogen-bond donors (Lipinski definition) is 1. The van der Waals surface area contributed by atoms with Gasteiger partial charge in [-0.2, -0.15) is 5.10 Å². The van der Waals surface area contributed by atoms with Gasteiger partial charge in [0, 0.05) is 12.1 Å². The molecule has 3 nitrogen and oxygen atoms in total. The number of rotatable bonds is 4. The molecule has 0 atom stereocenters. The van der Waals surface area contributed by atoms with Gasteiger partial charge in [0.15, 0.2) is 0 Å². The molecule has 3 heteroatoms. The summed E-state index contributed by atoms with van der Waals surface area (Å²) in [5.41, 5.74) is 8.74. The maximum absolute atomic E-state index is 5.18. The molecule has 0 bridgehead atoms. The molecule has 1 aromatic heterocycles. The molecular weight excluding hydrogens is 354 g/mol. The van der Waals surface area contributed by atoms with Crippen LogP contribution in [0.3, 0.4) is 0 Å². The van der Waals surface area contributed by atoms with E-state index < -0.39 is 0 Å². The molecule has 0 unspecified atom stereocenters. The maximum atomic E-state index is 5.18. The monoisotopic (exact) mass is 379 g/mol. The summed E-state index contributed by atoms with van der Waals surface area (Å²) in [6.07, 6.45) is 1.01. The molecule has 0 saturated heterocycles. The quantitative estimate of drug-likeness (QED) is 0.497. The van der Waals surface area contributed by atoms with Gasteiger partial charge < -0.3 is 5.32 Å². The molecular formula is C26H25N3. The summed E-state index contributed by atoms with van der Waals surface area (Å²) in [5.74, 6) is 1.26. The average Bonchev–Trinajstić information content (AvgIpc) is 3.36. The van der Waals surface area contributed by atoms with Crippen LogP contribution in [0.5, 0.6) is 0 Å². The fourth-order valence-electron chi connectivity index (χ4n) is 4.28. The Kier molecular flexibility index (Phi) is 4.44. The number of fused-ring (bicyclic) bond motifs is 1. The second-order valence-electron chi connectivity index (χ2n) is 7.82. The van der Waals surface area contributed by atoms with E-state index >= 15 is 0 Å². The van der Waals surface area contributed by atoms with E-state index in [1.807, 2.05) is 0 Å². The third-order valence-corrected chi connectivity index (χ3v) is 5.96. The predicted molar refractivity (Wildman–Crippen MR) is 119 cm³/mol. The number of benzene rings is 3. The first-order valence-corrected chi connectivity index (χ1v) is 10.3. The largest absolute Gasteiger partial charge is 0.369 e. The van der Waals surface area contributed by atoms with Gasteiger partial charge in [-0.15, -0.1) is 0 Å². The van der Waals surface area contributed by atoms with Crippen molar-refractivity contribution in [2.45, 2.75) is 26.2 Å². The normalized spacial score (nSPS) is 12.8. The van der Waals surface area contributed by atoms with Crippen LogP contribution in [0.2, 0.25) is 0 Å². The van der Waals surface area contributed by atoms with E-state index in [0.29, 0.717) is 0 Å². The molecule has 0 amide bonds. The van der Waals surface area contributed by atoms with Crippen molar-refractivity contribution in [1.82, 2.24) is 9.78 Å². The molecule has 144 valence electrons. The summed E-state index contributed by atoms with van der Waals surface area (Å²) in [6.45, 7) is 5.27. The lowest BCUT2D eigenvalue weighted by atomic mass is 9.86. The molecule has 4 aromatic rings. The first-order valence-electron chi connectivity index (χ1n) is 10.3. The molecule has 1 N–H and O–H groups in total. The SMILES string of the molecule is Cc1ccc(-n2nc(C(c3ccccc3)c3ccccc3)c3c2NCC3)cc1C. The zero-order valence-electron chi connectivity index (χ0n) is 16.9. The number of nitrogens with zero attached hydrogens (tertiary/aromatic N) is 2. The molecule has 2 heterocycles. The standard InChI is InChI=1S/C26H25N3/c1-18-13-14-22(17-19(18)2)29-26-23(15-16-27-26)25(28-29)24(20-9-5-3-6-10-20)21-11-7-4-8-12-21/h3-14,17,24,27H,15-16H2,1-2H3. The van der Waals surface area contributed by atoms with Crippen LogP contribution in [-0.4, -0.2) is 16.3 Å². The Morgan fingerprint density at radius 1 is 0.828 bits per heavy atom. The minimum absolute atomic E-state index is 0.124. The minimum atomic E-state index is 0.124. The van der Waals surface area contributed by atoms with Crippen molar-refractivity contribution in [3.63, 3.8) is 0 Å². The lowest BCUT2D eigenvalue weighted by Gasteiger charge is -2.17. The van der Waals surface area contributed by atoms with Crippen LogP contribution < -0.4 is 5.32 Å². The Hall–Kier alpha value is -3.33. The number of nitrogens with one attached hydrogen (secondary N) is 1. The van der Waals surface area contributed by atoms with Crippen LogP contribution >= 0.6 is 0 Å². The Labute approximate surface area is 172 Å². The number of aryl methyl sites for hydroxylation is 2. The van der Waals surface area contributed by atoms with Gasteiger partial charge in [0.1, 0.15) is 5.82 Å². The van der Waals surface area contributed by atoms with Crippen LogP contribution in [-0.2, 0) is 6.42 Å². The van der Waals surface area contributed by atoms with Crippen LogP contribution in [0.4, 0.5) is 5.82 Å². The number of aromatic nitrogens is 2. The van der Waals surface area contributed by atoms with Crippen molar-refractivity contribution in [2.75, 3.05) is 11.9 Å². The summed E-state index contributed by atoms with van der Waals surface area (Å²) in [7, 11) is 0. The van der Waals surface area contributed by atoms with Crippen molar-refractivity contribution in [1.29, 1.82) is 0 Å². The van der Waals surface area contributed by atoms with Crippen LogP contribution in [0, 0.1) is 13.8 Å². The van der Waals surface area contributed by atoms with Gasteiger partial charge in [0.05, 0.1) is 17.3 Å². The highest BCUT2D eigenvalue weighted by Crippen LogP contribution is 2.39. The fourth-order valence-corrected chi connectivity index (χ4v) is 4.28. The molecule has 3 aromatic carbocycles. The predicted octanol–water partition coefficient (Wildman–Crippen LogP) is 5.64. The molecule has 0 radical (unpaired) electrons. The molecule has 0 aliphatic carbocycles. The third-order valence-electron chi connectivity index (χ3n) is 5.96. The molecule has 0 saturated carbocycles. The van der Waals surface area contributed by atoms with Crippen molar-refractivity contribution >= 4 is 5.82 Å². The van der Waals surface area contributed by atoms with Gasteiger partial charge >= 0.3 is 0 Å². The Bertz CT molecular complexity index is 1100. The van der Waals surface area contributed by atoms with Gasteiger partial charge in [0.2, 0.25) is 0 Å². The summed E-state index contributed by atoms with van der Waals surface area (Å²) in [5, 5.41) is 8.76. The highest BCUT2D eigenvalue weighted by atomic mass is 15.3. The summed E-state index contributed by atoms with van der Waals surface area (Å²) < 4.78 is 2.10. The first kappa shape index (κ1) is 17.7. The van der Waals surface area contributed by atoms with Crippen LogP contribution in [0.15, 0.2) is 78.9 Å². The molecule has 1 aliphatic heterocycles. The van der Waals surface area contributed by atoms with Gasteiger partial charge in [-0.25, -0.2) is 4.68 Å². The maximum Gasteiger partial charge on any atom is 0.133 e. The number of hydrogen-bond acceptors (Lipinski definition) is 2. The minimum Gasteiger partial charge on any atom is -0.369 e. The zero-order chi connectivity index (χ0) is 19.8. The van der Waals surface area contributed by atoms with E-state index in [-0.39, 0.29) is 5.92 Å².